The minimum absolute atomic E-state index is 0.255. The fourth-order valence-corrected chi connectivity index (χ4v) is 2.02. The number of hydrogen-bond acceptors (Lipinski definition) is 3. The number of furan rings is 1. The topological polar surface area (TPSA) is 42.4 Å². The van der Waals surface area contributed by atoms with Crippen molar-refractivity contribution < 1.29 is 17.6 Å². The molecule has 2 unspecified atom stereocenters. The van der Waals surface area contributed by atoms with Gasteiger partial charge in [0.05, 0.1) is 12.6 Å². The van der Waals surface area contributed by atoms with E-state index in [4.69, 9.17) is 10.2 Å². The van der Waals surface area contributed by atoms with E-state index in [1.807, 2.05) is 0 Å². The number of nitrogens with zero attached hydrogens (tertiary/aromatic N) is 1. The molecule has 0 amide bonds. The summed E-state index contributed by atoms with van der Waals surface area (Å²) >= 11 is 0. The van der Waals surface area contributed by atoms with E-state index >= 15 is 0 Å². The zero-order chi connectivity index (χ0) is 13.9. The van der Waals surface area contributed by atoms with Gasteiger partial charge in [0.15, 0.2) is 0 Å². The number of nitrogens with two attached hydrogens (primary N) is 1. The molecular weight excluding hydrogens is 245 g/mol. The van der Waals surface area contributed by atoms with Gasteiger partial charge in [-0.25, -0.2) is 0 Å². The second kappa shape index (κ2) is 5.75. The van der Waals surface area contributed by atoms with E-state index in [2.05, 4.69) is 0 Å². The lowest BCUT2D eigenvalue weighted by Gasteiger charge is -2.32. The molecule has 1 aromatic rings. The van der Waals surface area contributed by atoms with E-state index < -0.39 is 24.8 Å². The van der Waals surface area contributed by atoms with Crippen LogP contribution in [0.2, 0.25) is 0 Å². The van der Waals surface area contributed by atoms with Crippen molar-refractivity contribution in [3.63, 3.8) is 0 Å². The molecule has 0 bridgehead atoms. The average Bonchev–Trinajstić information content (AvgIpc) is 2.61. The summed E-state index contributed by atoms with van der Waals surface area (Å²) in [5.74, 6) is 1.15. The highest BCUT2D eigenvalue weighted by Gasteiger charge is 2.36. The molecule has 2 N–H and O–H groups in total. The van der Waals surface area contributed by atoms with Crippen LogP contribution in [0.15, 0.2) is 16.5 Å². The van der Waals surface area contributed by atoms with E-state index in [0.717, 1.165) is 0 Å². The third-order valence-electron chi connectivity index (χ3n) is 2.73. The molecule has 2 atom stereocenters. The Bertz CT molecular complexity index is 374. The summed E-state index contributed by atoms with van der Waals surface area (Å²) in [6.07, 6.45) is -4.25. The van der Waals surface area contributed by atoms with Crippen LogP contribution in [0.25, 0.3) is 0 Å². The Morgan fingerprint density at radius 3 is 2.33 bits per heavy atom. The maximum absolute atomic E-state index is 12.5. The standard InChI is InChI=1S/C12H19F3N2O/c1-4-17(7-12(13,14)15)11(9(3)16)10-6-5-8(2)18-10/h5-6,9,11H,4,7,16H2,1-3H3. The molecule has 0 aliphatic heterocycles. The summed E-state index contributed by atoms with van der Waals surface area (Å²) < 4.78 is 43.0. The summed E-state index contributed by atoms with van der Waals surface area (Å²) in [5, 5.41) is 0. The van der Waals surface area contributed by atoms with Crippen LogP contribution in [0.3, 0.4) is 0 Å². The lowest BCUT2D eigenvalue weighted by molar-refractivity contribution is -0.152. The fourth-order valence-electron chi connectivity index (χ4n) is 2.02. The van der Waals surface area contributed by atoms with Crippen molar-refractivity contribution >= 4 is 0 Å². The molecule has 6 heteroatoms. The maximum Gasteiger partial charge on any atom is 0.401 e. The molecule has 1 heterocycles. The molecule has 0 aliphatic rings. The third-order valence-corrected chi connectivity index (χ3v) is 2.73. The fraction of sp³-hybridized carbons (Fsp3) is 0.667. The predicted molar refractivity (Wildman–Crippen MR) is 63.1 cm³/mol. The molecule has 1 aromatic heterocycles. The minimum atomic E-state index is -4.25. The number of halogens is 3. The smallest absolute Gasteiger partial charge is 0.401 e. The van der Waals surface area contributed by atoms with Gasteiger partial charge in [-0.3, -0.25) is 4.90 Å². The van der Waals surface area contributed by atoms with Crippen molar-refractivity contribution in [1.29, 1.82) is 0 Å². The Balaban J connectivity index is 2.96. The van der Waals surface area contributed by atoms with Gasteiger partial charge >= 0.3 is 6.18 Å². The number of rotatable bonds is 5. The summed E-state index contributed by atoms with van der Waals surface area (Å²) in [7, 11) is 0. The molecule has 0 spiro atoms. The van der Waals surface area contributed by atoms with E-state index in [9.17, 15) is 13.2 Å². The number of alkyl halides is 3. The lowest BCUT2D eigenvalue weighted by atomic mass is 10.1. The summed E-state index contributed by atoms with van der Waals surface area (Å²) in [5.41, 5.74) is 5.80. The Kier molecular flexibility index (Phi) is 4.81. The first-order chi connectivity index (χ1) is 8.24. The van der Waals surface area contributed by atoms with Crippen LogP contribution in [0.5, 0.6) is 0 Å². The molecule has 18 heavy (non-hydrogen) atoms. The van der Waals surface area contributed by atoms with E-state index in [0.29, 0.717) is 11.5 Å². The second-order valence-corrected chi connectivity index (χ2v) is 4.43. The van der Waals surface area contributed by atoms with Crippen molar-refractivity contribution in [3.05, 3.63) is 23.7 Å². The molecule has 0 radical (unpaired) electrons. The molecule has 0 saturated carbocycles. The molecule has 0 fully saturated rings. The summed E-state index contributed by atoms with van der Waals surface area (Å²) in [4.78, 5) is 1.28. The zero-order valence-electron chi connectivity index (χ0n) is 10.8. The van der Waals surface area contributed by atoms with Crippen LogP contribution in [0.1, 0.15) is 31.4 Å². The Labute approximate surface area is 105 Å². The SMILES string of the molecule is CCN(CC(F)(F)F)C(c1ccc(C)o1)C(C)N. The Morgan fingerprint density at radius 1 is 1.39 bits per heavy atom. The normalized spacial score (nSPS) is 16.0. The van der Waals surface area contributed by atoms with Crippen molar-refractivity contribution in [2.24, 2.45) is 5.73 Å². The summed E-state index contributed by atoms with van der Waals surface area (Å²) in [6.45, 7) is 4.38. The number of likely N-dealkylation sites (N-methyl/N-ethyl adjacent to an activating group) is 1. The molecule has 0 aliphatic carbocycles. The van der Waals surface area contributed by atoms with Crippen LogP contribution < -0.4 is 5.73 Å². The van der Waals surface area contributed by atoms with Gasteiger partial charge in [-0.1, -0.05) is 6.92 Å². The Morgan fingerprint density at radius 2 is 2.00 bits per heavy atom. The highest BCUT2D eigenvalue weighted by atomic mass is 19.4. The average molecular weight is 264 g/mol. The zero-order valence-corrected chi connectivity index (χ0v) is 10.8. The van der Waals surface area contributed by atoms with Crippen molar-refractivity contribution in [3.8, 4) is 0 Å². The first-order valence-electron chi connectivity index (χ1n) is 5.87. The predicted octanol–water partition coefficient (Wildman–Crippen LogP) is 2.86. The highest BCUT2D eigenvalue weighted by Crippen LogP contribution is 2.28. The highest BCUT2D eigenvalue weighted by molar-refractivity contribution is 5.12. The van der Waals surface area contributed by atoms with Crippen molar-refractivity contribution in [2.45, 2.75) is 39.0 Å². The van der Waals surface area contributed by atoms with Crippen LogP contribution in [-0.4, -0.2) is 30.2 Å². The largest absolute Gasteiger partial charge is 0.465 e. The number of aryl methyl sites for hydroxylation is 1. The second-order valence-electron chi connectivity index (χ2n) is 4.43. The van der Waals surface area contributed by atoms with Crippen LogP contribution >= 0.6 is 0 Å². The van der Waals surface area contributed by atoms with E-state index in [1.54, 1.807) is 32.9 Å². The molecule has 1 rings (SSSR count). The third kappa shape index (κ3) is 4.03. The van der Waals surface area contributed by atoms with Gasteiger partial charge in [0.1, 0.15) is 11.5 Å². The van der Waals surface area contributed by atoms with E-state index in [1.165, 1.54) is 4.90 Å². The summed E-state index contributed by atoms with van der Waals surface area (Å²) in [6, 6.07) is 2.40. The molecule has 104 valence electrons. The van der Waals surface area contributed by atoms with Gasteiger partial charge < -0.3 is 10.2 Å². The number of hydrogen-bond donors (Lipinski definition) is 1. The van der Waals surface area contributed by atoms with E-state index in [-0.39, 0.29) is 6.54 Å². The van der Waals surface area contributed by atoms with Gasteiger partial charge in [0.2, 0.25) is 0 Å². The molecule has 3 nitrogen and oxygen atoms in total. The van der Waals surface area contributed by atoms with Crippen molar-refractivity contribution in [1.82, 2.24) is 4.90 Å². The minimum Gasteiger partial charge on any atom is -0.465 e. The van der Waals surface area contributed by atoms with Crippen molar-refractivity contribution in [2.75, 3.05) is 13.1 Å². The van der Waals surface area contributed by atoms with Gasteiger partial charge in [0, 0.05) is 6.04 Å². The first kappa shape index (κ1) is 15.0. The quantitative estimate of drug-likeness (QED) is 0.889. The van der Waals surface area contributed by atoms with Gasteiger partial charge in [-0.2, -0.15) is 13.2 Å². The van der Waals surface area contributed by atoms with Gasteiger partial charge in [-0.15, -0.1) is 0 Å². The van der Waals surface area contributed by atoms with Crippen LogP contribution in [0, 0.1) is 6.92 Å². The van der Waals surface area contributed by atoms with Crippen LogP contribution in [0.4, 0.5) is 13.2 Å². The molecular formula is C12H19F3N2O. The maximum atomic E-state index is 12.5. The first-order valence-corrected chi connectivity index (χ1v) is 5.87. The molecule has 0 saturated heterocycles. The Hall–Kier alpha value is -1.01. The monoisotopic (exact) mass is 264 g/mol. The van der Waals surface area contributed by atoms with Gasteiger partial charge in [-0.05, 0) is 32.5 Å². The van der Waals surface area contributed by atoms with Gasteiger partial charge in [0.25, 0.3) is 0 Å². The lowest BCUT2D eigenvalue weighted by Crippen LogP contribution is -2.43. The molecule has 0 aromatic carbocycles. The van der Waals surface area contributed by atoms with Crippen LogP contribution in [-0.2, 0) is 0 Å².